The number of nitrogens with one attached hydrogen (secondary N) is 2. The average molecular weight is 573 g/mol. The van der Waals surface area contributed by atoms with E-state index in [1.807, 2.05) is 37.3 Å². The molecule has 2 aliphatic carbocycles. The minimum absolute atomic E-state index is 0.0206. The van der Waals surface area contributed by atoms with Gasteiger partial charge in [-0.05, 0) is 60.3 Å². The monoisotopic (exact) mass is 572 g/mol. The highest BCUT2D eigenvalue weighted by Crippen LogP contribution is 2.51. The number of hydrogen-bond acceptors (Lipinski definition) is 6. The van der Waals surface area contributed by atoms with Crippen LogP contribution in [0.25, 0.3) is 5.57 Å². The molecule has 3 aromatic rings. The summed E-state index contributed by atoms with van der Waals surface area (Å²) in [5.74, 6) is -0.857. The molecule has 2 aromatic carbocycles. The second-order valence-electron chi connectivity index (χ2n) is 10.7. The average Bonchev–Trinajstić information content (AvgIpc) is 3.45. The molecule has 1 unspecified atom stereocenters. The van der Waals surface area contributed by atoms with Crippen molar-refractivity contribution >= 4 is 40.7 Å². The molecule has 1 aliphatic heterocycles. The summed E-state index contributed by atoms with van der Waals surface area (Å²) >= 11 is 6.09. The lowest BCUT2D eigenvalue weighted by Gasteiger charge is -2.42. The lowest BCUT2D eigenvalue weighted by atomic mass is 9.65. The lowest BCUT2D eigenvalue weighted by molar-refractivity contribution is -0.130. The second kappa shape index (κ2) is 9.71. The molecule has 1 spiro atoms. The van der Waals surface area contributed by atoms with Gasteiger partial charge in [-0.3, -0.25) is 19.3 Å². The molecule has 0 saturated carbocycles. The molecule has 1 aromatic heterocycles. The number of amides is 3. The fourth-order valence-corrected chi connectivity index (χ4v) is 6.70. The van der Waals surface area contributed by atoms with E-state index in [-0.39, 0.29) is 34.6 Å². The Bertz CT molecular complexity index is 1710. The molecule has 6 rings (SSSR count). The van der Waals surface area contributed by atoms with E-state index in [0.29, 0.717) is 47.0 Å². The van der Waals surface area contributed by atoms with Gasteiger partial charge in [0.05, 0.1) is 18.4 Å². The van der Waals surface area contributed by atoms with Gasteiger partial charge in [-0.25, -0.2) is 4.79 Å². The maximum Gasteiger partial charge on any atom is 0.327 e. The molecule has 3 amide bonds. The van der Waals surface area contributed by atoms with Crippen LogP contribution in [0.15, 0.2) is 48.2 Å². The summed E-state index contributed by atoms with van der Waals surface area (Å²) in [6.45, 7) is 2.98. The number of halogens is 1. The Morgan fingerprint density at radius 3 is 2.54 bits per heavy atom. The minimum atomic E-state index is -1.67. The van der Waals surface area contributed by atoms with Crippen LogP contribution in [-0.2, 0) is 24.2 Å². The maximum absolute atomic E-state index is 14.5. The molecule has 2 heterocycles. The van der Waals surface area contributed by atoms with Crippen molar-refractivity contribution in [2.75, 3.05) is 27.7 Å². The Hall–Kier alpha value is -4.21. The van der Waals surface area contributed by atoms with Crippen molar-refractivity contribution in [1.29, 1.82) is 0 Å². The molecule has 0 radical (unpaired) electrons. The number of rotatable bonds is 6. The Morgan fingerprint density at radius 1 is 1.07 bits per heavy atom. The van der Waals surface area contributed by atoms with Crippen molar-refractivity contribution in [2.45, 2.75) is 31.8 Å². The molecule has 2 N–H and O–H groups in total. The van der Waals surface area contributed by atoms with E-state index in [4.69, 9.17) is 16.3 Å². The summed E-state index contributed by atoms with van der Waals surface area (Å²) in [4.78, 5) is 61.1. The van der Waals surface area contributed by atoms with Crippen molar-refractivity contribution < 1.29 is 23.9 Å². The molecule has 9 nitrogen and oxygen atoms in total. The SMILES string of the molecule is COc1ccc(C)c2c1CC1(C(=O)N(C)C(=O)N1C)C1=C2C(=O)c2[nH]cc(CCNCc3cccc(Cl)c3)c2C1=O. The number of ketones is 2. The number of nitrogens with zero attached hydrogens (tertiary/aromatic N) is 2. The van der Waals surface area contributed by atoms with E-state index in [1.54, 1.807) is 12.3 Å². The number of aromatic nitrogens is 1. The van der Waals surface area contributed by atoms with Crippen LogP contribution in [-0.4, -0.2) is 71.6 Å². The third-order valence-corrected chi connectivity index (χ3v) is 8.74. The summed E-state index contributed by atoms with van der Waals surface area (Å²) in [6.07, 6.45) is 2.17. The predicted octanol–water partition coefficient (Wildman–Crippen LogP) is 3.97. The van der Waals surface area contributed by atoms with Gasteiger partial charge < -0.3 is 19.9 Å². The van der Waals surface area contributed by atoms with Crippen LogP contribution in [0.4, 0.5) is 4.79 Å². The topological polar surface area (TPSA) is 112 Å². The number of likely N-dealkylation sites (N-methyl/N-ethyl adjacent to an activating group) is 2. The first-order valence-electron chi connectivity index (χ1n) is 13.3. The van der Waals surface area contributed by atoms with E-state index in [0.717, 1.165) is 16.0 Å². The zero-order chi connectivity index (χ0) is 29.2. The van der Waals surface area contributed by atoms with E-state index >= 15 is 0 Å². The summed E-state index contributed by atoms with van der Waals surface area (Å²) < 4.78 is 5.63. The van der Waals surface area contributed by atoms with Crippen LogP contribution in [0.3, 0.4) is 0 Å². The number of carbonyl (C=O) groups is 4. The van der Waals surface area contributed by atoms with E-state index in [9.17, 15) is 19.2 Å². The lowest BCUT2D eigenvalue weighted by Crippen LogP contribution is -2.56. The molecular weight excluding hydrogens is 544 g/mol. The van der Waals surface area contributed by atoms with Crippen LogP contribution >= 0.6 is 11.6 Å². The van der Waals surface area contributed by atoms with Gasteiger partial charge in [0.25, 0.3) is 5.91 Å². The Labute approximate surface area is 242 Å². The van der Waals surface area contributed by atoms with Gasteiger partial charge in [0, 0.05) is 55.0 Å². The fourth-order valence-electron chi connectivity index (χ4n) is 6.48. The maximum atomic E-state index is 14.5. The number of methoxy groups -OCH3 is 1. The van der Waals surface area contributed by atoms with E-state index in [2.05, 4.69) is 10.3 Å². The standard InChI is InChI=1S/C31H29ClN4O5/c1-16-8-9-21(41-4)20-13-31(29(39)35(2)30(40)36(31)3)25-24(22(16)20)28(38)26-23(27(25)37)18(15-34-26)10-11-33-14-17-6-5-7-19(32)12-17/h5-9,12,15,33-34H,10-11,13-14H2,1-4H3. The van der Waals surface area contributed by atoms with Crippen LogP contribution in [0, 0.1) is 6.92 Å². The first-order valence-corrected chi connectivity index (χ1v) is 13.7. The number of Topliss-reactive ketones (excluding diaryl/α,β-unsaturated/α-hetero) is 2. The highest BCUT2D eigenvalue weighted by atomic mass is 35.5. The van der Waals surface area contributed by atoms with Crippen molar-refractivity contribution in [3.05, 3.63) is 92.3 Å². The van der Waals surface area contributed by atoms with Crippen LogP contribution < -0.4 is 10.1 Å². The molecule has 1 fully saturated rings. The van der Waals surface area contributed by atoms with Crippen LogP contribution in [0.5, 0.6) is 5.75 Å². The molecule has 1 saturated heterocycles. The molecule has 1 atom stereocenters. The fraction of sp³-hybridized carbons (Fsp3) is 0.290. The largest absolute Gasteiger partial charge is 0.496 e. The third kappa shape index (κ3) is 3.79. The molecular formula is C31H29ClN4O5. The van der Waals surface area contributed by atoms with Crippen molar-refractivity contribution in [3.63, 3.8) is 0 Å². The van der Waals surface area contributed by atoms with Gasteiger partial charge in [0.2, 0.25) is 5.78 Å². The number of benzene rings is 2. The number of H-pyrrole nitrogens is 1. The van der Waals surface area contributed by atoms with Gasteiger partial charge in [-0.2, -0.15) is 0 Å². The zero-order valence-corrected chi connectivity index (χ0v) is 23.9. The number of ether oxygens (including phenoxy) is 1. The summed E-state index contributed by atoms with van der Waals surface area (Å²) in [7, 11) is 4.42. The molecule has 10 heteroatoms. The molecule has 3 aliphatic rings. The first kappa shape index (κ1) is 27.0. The normalized spacial score (nSPS) is 19.7. The Kier molecular flexibility index (Phi) is 6.39. The number of hydrogen-bond donors (Lipinski definition) is 2. The smallest absolute Gasteiger partial charge is 0.327 e. The molecule has 41 heavy (non-hydrogen) atoms. The predicted molar refractivity (Wildman–Crippen MR) is 153 cm³/mol. The van der Waals surface area contributed by atoms with Crippen LogP contribution in [0.1, 0.15) is 48.7 Å². The van der Waals surface area contributed by atoms with Gasteiger partial charge in [-0.1, -0.05) is 29.8 Å². The highest BCUT2D eigenvalue weighted by Gasteiger charge is 2.63. The Morgan fingerprint density at radius 2 is 1.85 bits per heavy atom. The molecule has 0 bridgehead atoms. The third-order valence-electron chi connectivity index (χ3n) is 8.51. The number of fused-ring (bicyclic) bond motifs is 4. The number of allylic oxidation sites excluding steroid dienone is 1. The number of aromatic amines is 1. The van der Waals surface area contributed by atoms with Gasteiger partial charge >= 0.3 is 6.03 Å². The van der Waals surface area contributed by atoms with Gasteiger partial charge in [0.1, 0.15) is 5.75 Å². The number of aryl methyl sites for hydroxylation is 1. The number of imide groups is 1. The number of carbonyl (C=O) groups excluding carboxylic acids is 4. The number of urea groups is 1. The van der Waals surface area contributed by atoms with Crippen molar-refractivity contribution in [2.24, 2.45) is 0 Å². The van der Waals surface area contributed by atoms with Gasteiger partial charge in [-0.15, -0.1) is 0 Å². The first-order chi connectivity index (χ1) is 19.6. The zero-order valence-electron chi connectivity index (χ0n) is 23.2. The van der Waals surface area contributed by atoms with Crippen LogP contribution in [0.2, 0.25) is 5.02 Å². The molecule has 210 valence electrons. The second-order valence-corrected chi connectivity index (χ2v) is 11.1. The van der Waals surface area contributed by atoms with Crippen molar-refractivity contribution in [1.82, 2.24) is 20.1 Å². The van der Waals surface area contributed by atoms with Crippen molar-refractivity contribution in [3.8, 4) is 5.75 Å². The minimum Gasteiger partial charge on any atom is -0.496 e. The van der Waals surface area contributed by atoms with E-state index in [1.165, 1.54) is 26.1 Å². The summed E-state index contributed by atoms with van der Waals surface area (Å²) in [5, 5.41) is 4.01. The Balaban J connectivity index is 1.44. The highest BCUT2D eigenvalue weighted by molar-refractivity contribution is 6.43. The van der Waals surface area contributed by atoms with E-state index < -0.39 is 23.3 Å². The quantitative estimate of drug-likeness (QED) is 0.341. The summed E-state index contributed by atoms with van der Waals surface area (Å²) in [6, 6.07) is 10.6. The van der Waals surface area contributed by atoms with Gasteiger partial charge in [0.15, 0.2) is 11.3 Å². The summed E-state index contributed by atoms with van der Waals surface area (Å²) in [5.41, 5.74) is 2.65.